The second-order valence-corrected chi connectivity index (χ2v) is 5.65. The van der Waals surface area contributed by atoms with Crippen LogP contribution in [-0.2, 0) is 14.9 Å². The monoisotopic (exact) mass is 265 g/mol. The van der Waals surface area contributed by atoms with Crippen molar-refractivity contribution >= 4 is 11.7 Å². The van der Waals surface area contributed by atoms with E-state index in [1.54, 1.807) is 19.4 Å². The van der Waals surface area contributed by atoms with Gasteiger partial charge in [-0.15, -0.1) is 0 Å². The molecule has 1 heterocycles. The molecule has 1 atom stereocenters. The van der Waals surface area contributed by atoms with Crippen molar-refractivity contribution in [3.63, 3.8) is 0 Å². The van der Waals surface area contributed by atoms with Crippen molar-refractivity contribution in [3.8, 4) is 0 Å². The summed E-state index contributed by atoms with van der Waals surface area (Å²) in [5.74, 6) is 1.22. The highest BCUT2D eigenvalue weighted by atomic mass is 16.5. The molecule has 0 unspecified atom stereocenters. The largest absolute Gasteiger partial charge is 0.382 e. The predicted octanol–water partition coefficient (Wildman–Crippen LogP) is 2.53. The van der Waals surface area contributed by atoms with Gasteiger partial charge in [0.15, 0.2) is 0 Å². The lowest BCUT2D eigenvalue weighted by Gasteiger charge is -2.17. The van der Waals surface area contributed by atoms with Crippen LogP contribution in [0, 0.1) is 0 Å². The van der Waals surface area contributed by atoms with Gasteiger partial charge in [-0.3, -0.25) is 4.79 Å². The molecule has 0 aromatic carbocycles. The summed E-state index contributed by atoms with van der Waals surface area (Å²) < 4.78 is 5.11. The first-order valence-electron chi connectivity index (χ1n) is 6.49. The van der Waals surface area contributed by atoms with Crippen molar-refractivity contribution in [2.24, 2.45) is 0 Å². The molecule has 0 saturated carbocycles. The number of hydrogen-bond donors (Lipinski definition) is 1. The second kappa shape index (κ2) is 6.61. The van der Waals surface area contributed by atoms with Gasteiger partial charge < -0.3 is 10.1 Å². The molecule has 1 aromatic rings. The lowest BCUT2D eigenvalue weighted by atomic mass is 9.96. The standard InChI is InChI=1S/C14H23N3O2/c1-10(19-5)6-7-12(18)16-11-8-9-15-13(17-11)14(2,3)4/h8-10H,6-7H2,1-5H3,(H,15,16,17,18)/t10-/m0/s1. The van der Waals surface area contributed by atoms with Crippen LogP contribution in [0.4, 0.5) is 5.82 Å². The number of aromatic nitrogens is 2. The van der Waals surface area contributed by atoms with Gasteiger partial charge in [-0.2, -0.15) is 0 Å². The van der Waals surface area contributed by atoms with Gasteiger partial charge in [-0.25, -0.2) is 9.97 Å². The summed E-state index contributed by atoms with van der Waals surface area (Å²) in [7, 11) is 1.64. The van der Waals surface area contributed by atoms with Gasteiger partial charge in [0.25, 0.3) is 0 Å². The van der Waals surface area contributed by atoms with Gasteiger partial charge in [0, 0.05) is 25.1 Å². The molecule has 1 rings (SSSR count). The summed E-state index contributed by atoms with van der Waals surface area (Å²) in [4.78, 5) is 20.3. The van der Waals surface area contributed by atoms with Crippen LogP contribution in [-0.4, -0.2) is 29.1 Å². The quantitative estimate of drug-likeness (QED) is 0.888. The Balaban J connectivity index is 2.60. The van der Waals surface area contributed by atoms with Crippen LogP contribution < -0.4 is 5.32 Å². The van der Waals surface area contributed by atoms with Crippen LogP contribution in [0.1, 0.15) is 46.4 Å². The third-order valence-corrected chi connectivity index (χ3v) is 2.77. The molecular weight excluding hydrogens is 242 g/mol. The first-order chi connectivity index (χ1) is 8.82. The van der Waals surface area contributed by atoms with E-state index in [2.05, 4.69) is 15.3 Å². The van der Waals surface area contributed by atoms with Gasteiger partial charge in [0.1, 0.15) is 11.6 Å². The summed E-state index contributed by atoms with van der Waals surface area (Å²) in [6, 6.07) is 1.70. The zero-order valence-corrected chi connectivity index (χ0v) is 12.4. The van der Waals surface area contributed by atoms with E-state index in [1.807, 2.05) is 27.7 Å². The maximum Gasteiger partial charge on any atom is 0.225 e. The van der Waals surface area contributed by atoms with Gasteiger partial charge in [-0.05, 0) is 19.4 Å². The fourth-order valence-electron chi connectivity index (χ4n) is 1.45. The number of carbonyl (C=O) groups excluding carboxylic acids is 1. The van der Waals surface area contributed by atoms with E-state index in [-0.39, 0.29) is 17.4 Å². The number of anilines is 1. The summed E-state index contributed by atoms with van der Waals surface area (Å²) in [6.45, 7) is 8.05. The molecule has 1 amide bonds. The Morgan fingerprint density at radius 1 is 1.47 bits per heavy atom. The minimum Gasteiger partial charge on any atom is -0.382 e. The Morgan fingerprint density at radius 2 is 2.16 bits per heavy atom. The molecule has 5 heteroatoms. The zero-order chi connectivity index (χ0) is 14.5. The van der Waals surface area contributed by atoms with Crippen molar-refractivity contribution in [2.75, 3.05) is 12.4 Å². The van der Waals surface area contributed by atoms with Crippen LogP contribution >= 0.6 is 0 Å². The lowest BCUT2D eigenvalue weighted by Crippen LogP contribution is -2.19. The van der Waals surface area contributed by atoms with Gasteiger partial charge >= 0.3 is 0 Å². The Bertz CT molecular complexity index is 427. The van der Waals surface area contributed by atoms with E-state index in [1.165, 1.54) is 0 Å². The van der Waals surface area contributed by atoms with Crippen LogP contribution in [0.15, 0.2) is 12.3 Å². The Hall–Kier alpha value is -1.49. The molecule has 5 nitrogen and oxygen atoms in total. The zero-order valence-electron chi connectivity index (χ0n) is 12.4. The Morgan fingerprint density at radius 3 is 2.74 bits per heavy atom. The van der Waals surface area contributed by atoms with Crippen LogP contribution in [0.2, 0.25) is 0 Å². The highest BCUT2D eigenvalue weighted by molar-refractivity contribution is 5.89. The highest BCUT2D eigenvalue weighted by Gasteiger charge is 2.17. The van der Waals surface area contributed by atoms with E-state index in [9.17, 15) is 4.79 Å². The van der Waals surface area contributed by atoms with E-state index in [0.29, 0.717) is 18.7 Å². The molecular formula is C14H23N3O2. The van der Waals surface area contributed by atoms with Crippen LogP contribution in [0.25, 0.3) is 0 Å². The third kappa shape index (κ3) is 5.34. The van der Waals surface area contributed by atoms with Crippen molar-refractivity contribution in [3.05, 3.63) is 18.1 Å². The molecule has 0 saturated heterocycles. The van der Waals surface area contributed by atoms with Gasteiger partial charge in [-0.1, -0.05) is 20.8 Å². The molecule has 1 aromatic heterocycles. The number of amides is 1. The average molecular weight is 265 g/mol. The second-order valence-electron chi connectivity index (χ2n) is 5.65. The van der Waals surface area contributed by atoms with Crippen LogP contribution in [0.3, 0.4) is 0 Å². The normalized spacial score (nSPS) is 13.1. The van der Waals surface area contributed by atoms with E-state index in [4.69, 9.17) is 4.74 Å². The maximum absolute atomic E-state index is 11.8. The van der Waals surface area contributed by atoms with E-state index >= 15 is 0 Å². The van der Waals surface area contributed by atoms with Crippen molar-refractivity contribution in [1.82, 2.24) is 9.97 Å². The Kier molecular flexibility index (Phi) is 5.42. The Labute approximate surface area is 114 Å². The molecule has 0 bridgehead atoms. The molecule has 0 aliphatic rings. The summed E-state index contributed by atoms with van der Waals surface area (Å²) in [5.41, 5.74) is -0.134. The highest BCUT2D eigenvalue weighted by Crippen LogP contribution is 2.18. The first-order valence-corrected chi connectivity index (χ1v) is 6.49. The number of hydrogen-bond acceptors (Lipinski definition) is 4. The van der Waals surface area contributed by atoms with Crippen molar-refractivity contribution < 1.29 is 9.53 Å². The predicted molar refractivity (Wildman–Crippen MR) is 75.1 cm³/mol. The molecule has 19 heavy (non-hydrogen) atoms. The molecule has 0 radical (unpaired) electrons. The van der Waals surface area contributed by atoms with Crippen LogP contribution in [0.5, 0.6) is 0 Å². The third-order valence-electron chi connectivity index (χ3n) is 2.77. The SMILES string of the molecule is CO[C@@H](C)CCC(=O)Nc1ccnc(C(C)(C)C)n1. The number of rotatable bonds is 5. The molecule has 0 aliphatic carbocycles. The minimum atomic E-state index is -0.134. The first kappa shape index (κ1) is 15.6. The number of methoxy groups -OCH3 is 1. The van der Waals surface area contributed by atoms with Gasteiger partial charge in [0.05, 0.1) is 6.10 Å². The smallest absolute Gasteiger partial charge is 0.225 e. The fourth-order valence-corrected chi connectivity index (χ4v) is 1.45. The van der Waals surface area contributed by atoms with E-state index in [0.717, 1.165) is 5.82 Å². The average Bonchev–Trinajstić information content (AvgIpc) is 2.35. The van der Waals surface area contributed by atoms with Crippen molar-refractivity contribution in [2.45, 2.75) is 52.1 Å². The summed E-state index contributed by atoms with van der Waals surface area (Å²) in [5, 5.41) is 2.79. The topological polar surface area (TPSA) is 64.1 Å². The molecule has 106 valence electrons. The summed E-state index contributed by atoms with van der Waals surface area (Å²) in [6.07, 6.45) is 2.87. The minimum absolute atomic E-state index is 0.0533. The number of nitrogens with one attached hydrogen (secondary N) is 1. The summed E-state index contributed by atoms with van der Waals surface area (Å²) >= 11 is 0. The number of nitrogens with zero attached hydrogens (tertiary/aromatic N) is 2. The molecule has 0 fully saturated rings. The van der Waals surface area contributed by atoms with E-state index < -0.39 is 0 Å². The van der Waals surface area contributed by atoms with Crippen molar-refractivity contribution in [1.29, 1.82) is 0 Å². The molecule has 0 spiro atoms. The molecule has 0 aliphatic heterocycles. The fraction of sp³-hybridized carbons (Fsp3) is 0.643. The van der Waals surface area contributed by atoms with Gasteiger partial charge in [0.2, 0.25) is 5.91 Å². The number of carbonyl (C=O) groups is 1. The maximum atomic E-state index is 11.8. The number of ether oxygens (including phenoxy) is 1. The lowest BCUT2D eigenvalue weighted by molar-refractivity contribution is -0.116. The molecule has 1 N–H and O–H groups in total.